The number of aryl methyl sites for hydroxylation is 1. The maximum atomic E-state index is 12.4. The minimum atomic E-state index is -0.339. The molecule has 1 aromatic heterocycles. The normalized spacial score (nSPS) is 11.0. The molecule has 0 atom stereocenters. The van der Waals surface area contributed by atoms with Crippen molar-refractivity contribution >= 4 is 52.5 Å². The molecular weight excluding hydrogens is 477 g/mol. The van der Waals surface area contributed by atoms with Gasteiger partial charge in [-0.05, 0) is 42.5 Å². The van der Waals surface area contributed by atoms with Crippen LogP contribution in [0.3, 0.4) is 0 Å². The lowest BCUT2D eigenvalue weighted by Crippen LogP contribution is -2.27. The van der Waals surface area contributed by atoms with E-state index in [0.29, 0.717) is 44.3 Å². The predicted molar refractivity (Wildman–Crippen MR) is 136 cm³/mol. The summed E-state index contributed by atoms with van der Waals surface area (Å²) in [6.07, 6.45) is 1.64. The van der Waals surface area contributed by atoms with Crippen molar-refractivity contribution in [3.05, 3.63) is 88.2 Å². The lowest BCUT2D eigenvalue weighted by Gasteiger charge is -2.14. The number of carbonyl (C=O) groups excluding carboxylic acids is 2. The number of nitrogens with zero attached hydrogens (tertiary/aromatic N) is 3. The lowest BCUT2D eigenvalue weighted by atomic mass is 10.2. The summed E-state index contributed by atoms with van der Waals surface area (Å²) in [4.78, 5) is 28.7. The molecule has 2 amide bonds. The van der Waals surface area contributed by atoms with Gasteiger partial charge in [0, 0.05) is 37.0 Å². The first-order chi connectivity index (χ1) is 16.3. The minimum absolute atomic E-state index is 0.0902. The number of halogens is 2. The number of amides is 2. The van der Waals surface area contributed by atoms with Crippen molar-refractivity contribution in [1.29, 1.82) is 0 Å². The number of aromatic nitrogens is 2. The maximum Gasteiger partial charge on any atom is 0.251 e. The summed E-state index contributed by atoms with van der Waals surface area (Å²) in [6.45, 7) is 4.02. The second-order valence-corrected chi connectivity index (χ2v) is 7.90. The summed E-state index contributed by atoms with van der Waals surface area (Å²) in [5.74, 6) is 0.513. The quantitative estimate of drug-likeness (QED) is 0.290. The highest BCUT2D eigenvalue weighted by Gasteiger charge is 2.10. The number of carbonyl (C=O) groups is 2. The Balaban J connectivity index is 1.72. The van der Waals surface area contributed by atoms with Crippen LogP contribution in [0.15, 0.2) is 72.0 Å². The van der Waals surface area contributed by atoms with E-state index in [4.69, 9.17) is 23.2 Å². The highest BCUT2D eigenvalue weighted by atomic mass is 35.5. The van der Waals surface area contributed by atoms with Gasteiger partial charge >= 0.3 is 0 Å². The van der Waals surface area contributed by atoms with Gasteiger partial charge in [0.05, 0.1) is 28.5 Å². The SMILES string of the molecule is C=C(CNC(=O)c1ccc(Cl)c(Cl)c1)/N=C(\Nc1ccc(C(=O)NC)cc1)Nc1ccnn1C. The van der Waals surface area contributed by atoms with Crippen molar-refractivity contribution in [1.82, 2.24) is 20.4 Å². The highest BCUT2D eigenvalue weighted by Crippen LogP contribution is 2.22. The van der Waals surface area contributed by atoms with E-state index in [2.05, 4.69) is 37.9 Å². The van der Waals surface area contributed by atoms with Crippen molar-refractivity contribution < 1.29 is 9.59 Å². The van der Waals surface area contributed by atoms with Crippen molar-refractivity contribution in [3.8, 4) is 0 Å². The van der Waals surface area contributed by atoms with Gasteiger partial charge in [0.25, 0.3) is 11.8 Å². The zero-order chi connectivity index (χ0) is 24.7. The first-order valence-electron chi connectivity index (χ1n) is 10.1. The lowest BCUT2D eigenvalue weighted by molar-refractivity contribution is 0.0951. The molecule has 0 bridgehead atoms. The molecule has 34 heavy (non-hydrogen) atoms. The Morgan fingerprint density at radius 2 is 1.71 bits per heavy atom. The van der Waals surface area contributed by atoms with Gasteiger partial charge in [-0.25, -0.2) is 4.99 Å². The minimum Gasteiger partial charge on any atom is -0.355 e. The summed E-state index contributed by atoms with van der Waals surface area (Å²) in [6, 6.07) is 13.3. The number of rotatable bonds is 7. The molecule has 1 heterocycles. The number of anilines is 2. The molecule has 0 aliphatic rings. The average molecular weight is 500 g/mol. The van der Waals surface area contributed by atoms with E-state index in [1.165, 1.54) is 6.07 Å². The van der Waals surface area contributed by atoms with E-state index >= 15 is 0 Å². The van der Waals surface area contributed by atoms with Crippen molar-refractivity contribution in [2.24, 2.45) is 12.0 Å². The van der Waals surface area contributed by atoms with Gasteiger partial charge in [0.2, 0.25) is 5.96 Å². The summed E-state index contributed by atoms with van der Waals surface area (Å²) in [5.41, 5.74) is 1.97. The van der Waals surface area contributed by atoms with Crippen LogP contribution < -0.4 is 21.3 Å². The largest absolute Gasteiger partial charge is 0.355 e. The Hall–Kier alpha value is -3.82. The molecule has 0 spiro atoms. The molecule has 9 nitrogen and oxygen atoms in total. The Labute approximate surface area is 206 Å². The van der Waals surface area contributed by atoms with Crippen LogP contribution in [0.1, 0.15) is 20.7 Å². The van der Waals surface area contributed by atoms with Crippen molar-refractivity contribution in [2.75, 3.05) is 24.2 Å². The number of hydrogen-bond donors (Lipinski definition) is 4. The molecule has 3 aromatic rings. The van der Waals surface area contributed by atoms with E-state index in [1.54, 1.807) is 67.4 Å². The molecule has 3 rings (SSSR count). The third kappa shape index (κ3) is 6.60. The fourth-order valence-corrected chi connectivity index (χ4v) is 3.11. The second kappa shape index (κ2) is 11.4. The van der Waals surface area contributed by atoms with Crippen LogP contribution in [0.5, 0.6) is 0 Å². The van der Waals surface area contributed by atoms with Crippen LogP contribution in [0, 0.1) is 0 Å². The first kappa shape index (κ1) is 24.8. The monoisotopic (exact) mass is 499 g/mol. The maximum absolute atomic E-state index is 12.4. The van der Waals surface area contributed by atoms with Gasteiger partial charge in [-0.15, -0.1) is 0 Å². The zero-order valence-corrected chi connectivity index (χ0v) is 20.0. The number of guanidine groups is 1. The second-order valence-electron chi connectivity index (χ2n) is 7.08. The summed E-state index contributed by atoms with van der Waals surface area (Å²) < 4.78 is 1.64. The summed E-state index contributed by atoms with van der Waals surface area (Å²) in [7, 11) is 3.35. The van der Waals surface area contributed by atoms with Crippen LogP contribution in [0.2, 0.25) is 10.0 Å². The van der Waals surface area contributed by atoms with Gasteiger partial charge in [-0.2, -0.15) is 5.10 Å². The molecule has 0 saturated heterocycles. The Bertz CT molecular complexity index is 1240. The van der Waals surface area contributed by atoms with Crippen molar-refractivity contribution in [3.63, 3.8) is 0 Å². The topological polar surface area (TPSA) is 112 Å². The molecule has 0 aliphatic heterocycles. The van der Waals surface area contributed by atoms with Crippen LogP contribution in [-0.4, -0.2) is 41.1 Å². The van der Waals surface area contributed by atoms with Crippen molar-refractivity contribution in [2.45, 2.75) is 0 Å². The third-order valence-corrected chi connectivity index (χ3v) is 5.35. The first-order valence-corrected chi connectivity index (χ1v) is 10.9. The molecule has 11 heteroatoms. The highest BCUT2D eigenvalue weighted by molar-refractivity contribution is 6.42. The summed E-state index contributed by atoms with van der Waals surface area (Å²) in [5, 5.41) is 16.4. The number of nitrogens with one attached hydrogen (secondary N) is 4. The number of hydrogen-bond acceptors (Lipinski definition) is 4. The molecule has 2 aromatic carbocycles. The average Bonchev–Trinajstić information content (AvgIpc) is 3.23. The van der Waals surface area contributed by atoms with E-state index < -0.39 is 0 Å². The third-order valence-electron chi connectivity index (χ3n) is 4.61. The van der Waals surface area contributed by atoms with E-state index in [0.717, 1.165) is 0 Å². The van der Waals surface area contributed by atoms with Gasteiger partial charge in [0.1, 0.15) is 5.82 Å². The van der Waals surface area contributed by atoms with Crippen LogP contribution in [0.25, 0.3) is 0 Å². The molecule has 4 N–H and O–H groups in total. The Morgan fingerprint density at radius 1 is 1.00 bits per heavy atom. The predicted octanol–water partition coefficient (Wildman–Crippen LogP) is 3.91. The zero-order valence-electron chi connectivity index (χ0n) is 18.5. The van der Waals surface area contributed by atoms with Gasteiger partial charge in [-0.3, -0.25) is 14.3 Å². The molecule has 176 valence electrons. The fraction of sp³-hybridized carbons (Fsp3) is 0.130. The molecular formula is C23H23Cl2N7O2. The fourth-order valence-electron chi connectivity index (χ4n) is 2.81. The van der Waals surface area contributed by atoms with Crippen LogP contribution >= 0.6 is 23.2 Å². The van der Waals surface area contributed by atoms with Gasteiger partial charge in [-0.1, -0.05) is 29.8 Å². The number of aliphatic imine (C=N–C) groups is 1. The van der Waals surface area contributed by atoms with E-state index in [1.807, 2.05) is 0 Å². The molecule has 0 unspecified atom stereocenters. The smallest absolute Gasteiger partial charge is 0.251 e. The van der Waals surface area contributed by atoms with Gasteiger partial charge in [0.15, 0.2) is 0 Å². The standard InChI is InChI=1S/C23H23Cl2N7O2/c1-14(13-27-22(34)16-6-9-18(24)19(25)12-16)29-23(31-20-10-11-28-32(20)3)30-17-7-4-15(5-8-17)21(33)26-2/h4-12H,1,13H2,2-3H3,(H,26,33)(H,27,34)(H2,29,30,31). The van der Waals surface area contributed by atoms with E-state index in [-0.39, 0.29) is 18.4 Å². The summed E-state index contributed by atoms with van der Waals surface area (Å²) >= 11 is 11.9. The molecule has 0 saturated carbocycles. The number of benzene rings is 2. The van der Waals surface area contributed by atoms with E-state index in [9.17, 15) is 9.59 Å². The molecule has 0 aliphatic carbocycles. The Kier molecular flexibility index (Phi) is 8.29. The van der Waals surface area contributed by atoms with Gasteiger partial charge < -0.3 is 21.3 Å². The molecule has 0 radical (unpaired) electrons. The Morgan fingerprint density at radius 3 is 2.32 bits per heavy atom. The molecule has 0 fully saturated rings. The van der Waals surface area contributed by atoms with Crippen LogP contribution in [-0.2, 0) is 7.05 Å². The van der Waals surface area contributed by atoms with Crippen LogP contribution in [0.4, 0.5) is 11.5 Å².